The van der Waals surface area contributed by atoms with Gasteiger partial charge in [0, 0.05) is 29.6 Å². The van der Waals surface area contributed by atoms with E-state index in [1.165, 1.54) is 4.90 Å². The van der Waals surface area contributed by atoms with Crippen LogP contribution < -0.4 is 5.32 Å². The van der Waals surface area contributed by atoms with Crippen LogP contribution in [-0.2, 0) is 14.9 Å². The molecule has 0 fully saturated rings. The molecule has 2 aromatic carbocycles. The number of anilines is 1. The van der Waals surface area contributed by atoms with Gasteiger partial charge in [-0.3, -0.25) is 9.59 Å². The average molecular weight is 548 g/mol. The summed E-state index contributed by atoms with van der Waals surface area (Å²) in [6.45, 7) is 6.54. The number of carbonyl (C=O) groups excluding carboxylic acids is 2. The van der Waals surface area contributed by atoms with Crippen LogP contribution in [0.3, 0.4) is 0 Å². The Kier molecular flexibility index (Phi) is 8.52. The van der Waals surface area contributed by atoms with Gasteiger partial charge < -0.3 is 15.0 Å². The maximum absolute atomic E-state index is 13.2. The number of aromatic nitrogens is 2. The Labute approximate surface area is 213 Å². The van der Waals surface area contributed by atoms with E-state index in [9.17, 15) is 9.59 Å². The van der Waals surface area contributed by atoms with Crippen LogP contribution in [0, 0.1) is 0 Å². The maximum Gasteiger partial charge on any atom is 0.255 e. The van der Waals surface area contributed by atoms with Gasteiger partial charge in [0.05, 0.1) is 28.6 Å². The second-order valence-corrected chi connectivity index (χ2v) is 10.0. The highest BCUT2D eigenvalue weighted by Crippen LogP contribution is 2.29. The van der Waals surface area contributed by atoms with Crippen molar-refractivity contribution in [3.8, 4) is 5.69 Å². The van der Waals surface area contributed by atoms with Gasteiger partial charge in [0.25, 0.3) is 5.91 Å². The van der Waals surface area contributed by atoms with E-state index < -0.39 is 0 Å². The Morgan fingerprint density at radius 1 is 1.15 bits per heavy atom. The number of nitrogens with one attached hydrogen (secondary N) is 1. The zero-order valence-corrected chi connectivity index (χ0v) is 22.0. The van der Waals surface area contributed by atoms with Crippen LogP contribution in [0.5, 0.6) is 0 Å². The van der Waals surface area contributed by atoms with Crippen LogP contribution in [0.25, 0.3) is 5.69 Å². The van der Waals surface area contributed by atoms with Crippen molar-refractivity contribution in [2.24, 2.45) is 0 Å². The normalized spacial score (nSPS) is 11.4. The van der Waals surface area contributed by atoms with Crippen molar-refractivity contribution < 1.29 is 14.3 Å². The maximum atomic E-state index is 13.2. The third-order valence-electron chi connectivity index (χ3n) is 5.12. The number of benzene rings is 2. The Bertz CT molecular complexity index is 1170. The van der Waals surface area contributed by atoms with Crippen LogP contribution >= 0.6 is 27.5 Å². The average Bonchev–Trinajstić information content (AvgIpc) is 3.20. The van der Waals surface area contributed by atoms with Gasteiger partial charge in [-0.15, -0.1) is 0 Å². The van der Waals surface area contributed by atoms with Crippen molar-refractivity contribution in [3.63, 3.8) is 0 Å². The summed E-state index contributed by atoms with van der Waals surface area (Å²) in [6.07, 6.45) is 0. The van der Waals surface area contributed by atoms with Crippen molar-refractivity contribution in [2.75, 3.05) is 32.1 Å². The number of amides is 2. The topological polar surface area (TPSA) is 76.5 Å². The smallest absolute Gasteiger partial charge is 0.255 e. The lowest BCUT2D eigenvalue weighted by Crippen LogP contribution is -2.40. The number of hydrogen-bond acceptors (Lipinski definition) is 4. The molecule has 1 N–H and O–H groups in total. The summed E-state index contributed by atoms with van der Waals surface area (Å²) in [4.78, 5) is 27.7. The minimum absolute atomic E-state index is 0.151. The van der Waals surface area contributed by atoms with Gasteiger partial charge in [-0.2, -0.15) is 5.10 Å². The summed E-state index contributed by atoms with van der Waals surface area (Å²) < 4.78 is 7.44. The molecule has 1 aromatic heterocycles. The third-order valence-corrected chi connectivity index (χ3v) is 6.13. The molecule has 0 radical (unpaired) electrons. The van der Waals surface area contributed by atoms with Crippen LogP contribution in [0.4, 0.5) is 5.82 Å². The molecule has 0 saturated heterocycles. The Morgan fingerprint density at radius 3 is 2.47 bits per heavy atom. The van der Waals surface area contributed by atoms with E-state index in [4.69, 9.17) is 21.4 Å². The summed E-state index contributed by atoms with van der Waals surface area (Å²) in [7, 11) is 1.55. The third kappa shape index (κ3) is 6.25. The zero-order chi connectivity index (χ0) is 24.9. The summed E-state index contributed by atoms with van der Waals surface area (Å²) in [5.41, 5.74) is 1.67. The van der Waals surface area contributed by atoms with Gasteiger partial charge in [-0.05, 0) is 40.2 Å². The fraction of sp³-hybridized carbons (Fsp3) is 0.320. The minimum atomic E-state index is -0.356. The fourth-order valence-electron chi connectivity index (χ4n) is 3.26. The Morgan fingerprint density at radius 2 is 1.82 bits per heavy atom. The van der Waals surface area contributed by atoms with Crippen LogP contribution in [-0.4, -0.2) is 53.3 Å². The monoisotopic (exact) mass is 546 g/mol. The van der Waals surface area contributed by atoms with E-state index >= 15 is 0 Å². The summed E-state index contributed by atoms with van der Waals surface area (Å²) >= 11 is 9.83. The number of carbonyl (C=O) groups is 2. The Balaban J connectivity index is 1.88. The van der Waals surface area contributed by atoms with E-state index in [0.717, 1.165) is 5.69 Å². The van der Waals surface area contributed by atoms with Crippen molar-refractivity contribution in [1.82, 2.24) is 14.7 Å². The van der Waals surface area contributed by atoms with E-state index in [2.05, 4.69) is 21.2 Å². The molecule has 3 rings (SSSR count). The van der Waals surface area contributed by atoms with E-state index in [0.29, 0.717) is 33.2 Å². The van der Waals surface area contributed by atoms with Gasteiger partial charge >= 0.3 is 0 Å². The Hall–Kier alpha value is -2.68. The molecular weight excluding hydrogens is 520 g/mol. The highest BCUT2D eigenvalue weighted by molar-refractivity contribution is 9.10. The molecule has 180 valence electrons. The van der Waals surface area contributed by atoms with Crippen LogP contribution in [0.1, 0.15) is 36.8 Å². The second-order valence-electron chi connectivity index (χ2n) is 8.78. The molecule has 0 bridgehead atoms. The molecule has 0 saturated carbocycles. The first-order chi connectivity index (χ1) is 16.1. The highest BCUT2D eigenvalue weighted by Gasteiger charge is 2.24. The number of nitrogens with zero attached hydrogens (tertiary/aromatic N) is 3. The number of rotatable bonds is 8. The summed E-state index contributed by atoms with van der Waals surface area (Å²) in [5, 5.41) is 8.12. The number of halogens is 2. The lowest BCUT2D eigenvalue weighted by atomic mass is 9.92. The number of para-hydroxylation sites is 1. The summed E-state index contributed by atoms with van der Waals surface area (Å²) in [5.74, 6) is -0.150. The van der Waals surface area contributed by atoms with Gasteiger partial charge in [0.2, 0.25) is 5.91 Å². The lowest BCUT2D eigenvalue weighted by Gasteiger charge is -2.22. The number of methoxy groups -OCH3 is 1. The fourth-order valence-corrected chi connectivity index (χ4v) is 3.93. The number of ether oxygens (including phenoxy) is 1. The van der Waals surface area contributed by atoms with Gasteiger partial charge in [-0.1, -0.05) is 56.6 Å². The molecule has 2 amide bonds. The molecule has 3 aromatic rings. The lowest BCUT2D eigenvalue weighted by molar-refractivity contribution is -0.117. The van der Waals surface area contributed by atoms with Crippen molar-refractivity contribution in [3.05, 3.63) is 75.4 Å². The van der Waals surface area contributed by atoms with Crippen molar-refractivity contribution in [1.29, 1.82) is 0 Å². The SMILES string of the molecule is COCCN(CC(=O)Nc1cc(C(C)(C)C)nn1-c1ccccc1Cl)C(=O)c1ccccc1Br. The molecule has 7 nitrogen and oxygen atoms in total. The standard InChI is InChI=1S/C25H28BrClN4O3/c1-25(2,3)21-15-22(31(29-21)20-12-8-7-11-19(20)27)28-23(32)16-30(13-14-34-4)24(33)17-9-5-6-10-18(17)26/h5-12,15H,13-14,16H2,1-4H3,(H,28,32). The molecule has 0 unspecified atom stereocenters. The molecule has 34 heavy (non-hydrogen) atoms. The quantitative estimate of drug-likeness (QED) is 0.414. The first-order valence-electron chi connectivity index (χ1n) is 10.8. The summed E-state index contributed by atoms with van der Waals surface area (Å²) in [6, 6.07) is 16.2. The van der Waals surface area contributed by atoms with Crippen molar-refractivity contribution in [2.45, 2.75) is 26.2 Å². The molecule has 0 aliphatic heterocycles. The first-order valence-corrected chi connectivity index (χ1v) is 12.0. The minimum Gasteiger partial charge on any atom is -0.383 e. The molecular formula is C25H28BrClN4O3. The van der Waals surface area contributed by atoms with Crippen LogP contribution in [0.15, 0.2) is 59.1 Å². The zero-order valence-electron chi connectivity index (χ0n) is 19.6. The highest BCUT2D eigenvalue weighted by atomic mass is 79.9. The van der Waals surface area contributed by atoms with E-state index in [1.54, 1.807) is 36.1 Å². The van der Waals surface area contributed by atoms with Gasteiger partial charge in [0.15, 0.2) is 0 Å². The second kappa shape index (κ2) is 11.2. The molecule has 0 aliphatic carbocycles. The van der Waals surface area contributed by atoms with Gasteiger partial charge in [0.1, 0.15) is 12.4 Å². The predicted molar refractivity (Wildman–Crippen MR) is 138 cm³/mol. The predicted octanol–water partition coefficient (Wildman–Crippen LogP) is 5.31. The van der Waals surface area contributed by atoms with E-state index in [1.807, 2.05) is 51.1 Å². The molecule has 9 heteroatoms. The van der Waals surface area contributed by atoms with Crippen LogP contribution in [0.2, 0.25) is 5.02 Å². The first kappa shape index (κ1) is 25.9. The van der Waals surface area contributed by atoms with Gasteiger partial charge in [-0.25, -0.2) is 4.68 Å². The molecule has 0 aliphatic rings. The van der Waals surface area contributed by atoms with Crippen molar-refractivity contribution >= 4 is 45.2 Å². The van der Waals surface area contributed by atoms with E-state index in [-0.39, 0.29) is 30.3 Å². The largest absolute Gasteiger partial charge is 0.383 e. The molecule has 1 heterocycles. The number of hydrogen-bond donors (Lipinski definition) is 1. The molecule has 0 atom stereocenters. The molecule has 0 spiro atoms.